The van der Waals surface area contributed by atoms with E-state index in [0.29, 0.717) is 3.43 Å². The predicted molar refractivity (Wildman–Crippen MR) is 103 cm³/mol. The zero-order valence-corrected chi connectivity index (χ0v) is 18.0. The second-order valence-corrected chi connectivity index (χ2v) is 12.1. The first-order valence-electron chi connectivity index (χ1n) is 9.49. The van der Waals surface area contributed by atoms with Crippen molar-refractivity contribution >= 4 is 35.7 Å². The normalized spacial score (nSPS) is 12.1. The third-order valence-corrected chi connectivity index (χ3v) is 10.6. The third-order valence-electron chi connectivity index (χ3n) is 4.92. The Labute approximate surface area is 152 Å². The fourth-order valence-corrected chi connectivity index (χ4v) is 9.20. The summed E-state index contributed by atoms with van der Waals surface area (Å²) >= 11 is -0.660. The second-order valence-electron chi connectivity index (χ2n) is 6.85. The Hall–Kier alpha value is -0.441. The molecule has 1 nitrogen and oxygen atoms in total. The van der Waals surface area contributed by atoms with Gasteiger partial charge in [-0.25, -0.2) is 0 Å². The van der Waals surface area contributed by atoms with Gasteiger partial charge in [-0.15, -0.1) is 0 Å². The van der Waals surface area contributed by atoms with Gasteiger partial charge in [0.15, 0.2) is 0 Å². The van der Waals surface area contributed by atoms with Crippen molar-refractivity contribution in [2.75, 3.05) is 0 Å². The summed E-state index contributed by atoms with van der Waals surface area (Å²) in [5.41, 5.74) is 1.08. The monoisotopic (exact) mass is 420 g/mol. The van der Waals surface area contributed by atoms with Crippen LogP contribution in [0.25, 0.3) is 11.0 Å². The zero-order chi connectivity index (χ0) is 16.5. The molecule has 2 rings (SSSR count). The van der Waals surface area contributed by atoms with Gasteiger partial charge in [-0.2, -0.15) is 0 Å². The summed E-state index contributed by atoms with van der Waals surface area (Å²) in [6.07, 6.45) is 14.4. The molecule has 2 aromatic rings. The predicted octanol–water partition coefficient (Wildman–Crippen LogP) is 6.49. The van der Waals surface area contributed by atoms with Crippen LogP contribution >= 0.6 is 0 Å². The third kappa shape index (κ3) is 5.27. The van der Waals surface area contributed by atoms with E-state index in [1.54, 1.807) is 3.58 Å². The number of benzene rings is 1. The molecule has 0 aliphatic carbocycles. The van der Waals surface area contributed by atoms with Gasteiger partial charge in [0.05, 0.1) is 0 Å². The maximum absolute atomic E-state index is 5.64. The molecular weight excluding hydrogens is 387 g/mol. The van der Waals surface area contributed by atoms with E-state index in [2.05, 4.69) is 45.0 Å². The van der Waals surface area contributed by atoms with Crippen LogP contribution in [0.1, 0.15) is 78.6 Å². The maximum atomic E-state index is 5.64. The number of unbranched alkanes of at least 4 members (excludes halogenated alkanes) is 3. The van der Waals surface area contributed by atoms with Crippen LogP contribution in [0.2, 0.25) is 3.43 Å². The van der Waals surface area contributed by atoms with Crippen LogP contribution in [0.3, 0.4) is 0 Å². The molecule has 0 N–H and O–H groups in total. The molecule has 1 heterocycles. The second kappa shape index (κ2) is 9.76. The molecule has 0 fully saturated rings. The number of fused-ring (bicyclic) bond motifs is 1. The van der Waals surface area contributed by atoms with E-state index < -0.39 is 21.1 Å². The first-order chi connectivity index (χ1) is 11.2. The Kier molecular flexibility index (Phi) is 8.01. The molecular formula is C21H32OSn. The number of furan rings is 1. The fraction of sp³-hybridized carbons (Fsp3) is 0.619. The molecule has 0 saturated heterocycles. The van der Waals surface area contributed by atoms with Crippen LogP contribution in [0, 0.1) is 0 Å². The first kappa shape index (κ1) is 18.9. The Morgan fingerprint density at radius 1 is 0.870 bits per heavy atom. The Balaban J connectivity index is 2.27. The van der Waals surface area contributed by atoms with Gasteiger partial charge in [0.2, 0.25) is 0 Å². The van der Waals surface area contributed by atoms with Crippen molar-refractivity contribution in [1.82, 2.24) is 0 Å². The zero-order valence-electron chi connectivity index (χ0n) is 15.2. The SMILES string of the molecule is CCCC[C](CCCC)(CCCC)[Sn][c]1cccc2occc12. The molecule has 0 amide bonds. The number of hydrogen-bond donors (Lipinski definition) is 0. The van der Waals surface area contributed by atoms with E-state index in [1.165, 1.54) is 63.2 Å². The van der Waals surface area contributed by atoms with Crippen LogP contribution in [-0.4, -0.2) is 21.1 Å². The topological polar surface area (TPSA) is 13.1 Å². The van der Waals surface area contributed by atoms with E-state index in [-0.39, 0.29) is 0 Å². The fourth-order valence-electron chi connectivity index (χ4n) is 3.50. The Morgan fingerprint density at radius 2 is 1.48 bits per heavy atom. The van der Waals surface area contributed by atoms with Crippen molar-refractivity contribution in [3.05, 3.63) is 30.5 Å². The van der Waals surface area contributed by atoms with Gasteiger partial charge < -0.3 is 0 Å². The van der Waals surface area contributed by atoms with Gasteiger partial charge in [-0.1, -0.05) is 0 Å². The summed E-state index contributed by atoms with van der Waals surface area (Å²) in [4.78, 5) is 0. The molecule has 2 heteroatoms. The molecule has 1 aromatic heterocycles. The Bertz CT molecular complexity index is 550. The average Bonchev–Trinajstić information content (AvgIpc) is 3.06. The van der Waals surface area contributed by atoms with E-state index >= 15 is 0 Å². The minimum atomic E-state index is -0.660. The van der Waals surface area contributed by atoms with Crippen LogP contribution in [0.4, 0.5) is 0 Å². The number of hydrogen-bond acceptors (Lipinski definition) is 1. The molecule has 0 unspecified atom stereocenters. The van der Waals surface area contributed by atoms with Gasteiger partial charge in [0.1, 0.15) is 0 Å². The van der Waals surface area contributed by atoms with Crippen molar-refractivity contribution in [3.63, 3.8) is 0 Å². The van der Waals surface area contributed by atoms with E-state index in [0.717, 1.165) is 5.58 Å². The van der Waals surface area contributed by atoms with Crippen molar-refractivity contribution < 1.29 is 4.42 Å². The van der Waals surface area contributed by atoms with Gasteiger partial charge in [-0.05, 0) is 0 Å². The van der Waals surface area contributed by atoms with Crippen LogP contribution in [0.15, 0.2) is 34.9 Å². The molecule has 0 aliphatic heterocycles. The summed E-state index contributed by atoms with van der Waals surface area (Å²) in [5, 5.41) is 1.40. The quantitative estimate of drug-likeness (QED) is 0.380. The van der Waals surface area contributed by atoms with E-state index in [4.69, 9.17) is 4.42 Å². The summed E-state index contributed by atoms with van der Waals surface area (Å²) in [6.45, 7) is 7.02. The van der Waals surface area contributed by atoms with Crippen molar-refractivity contribution in [3.8, 4) is 0 Å². The number of rotatable bonds is 11. The molecule has 0 saturated carbocycles. The van der Waals surface area contributed by atoms with Crippen molar-refractivity contribution in [2.24, 2.45) is 0 Å². The minimum absolute atomic E-state index is 0.650. The van der Waals surface area contributed by atoms with Gasteiger partial charge in [0.25, 0.3) is 0 Å². The standard InChI is InChI=1S/C13H27.C8H5O.Sn/c1-4-7-10-13(11-8-5-2)12-9-6-3;1-2-4-8-7(3-1)5-6-9-8;/h4-12H2,1-3H3;1-2,4-6H;. The summed E-state index contributed by atoms with van der Waals surface area (Å²) in [5.74, 6) is 0. The molecule has 2 radical (unpaired) electrons. The summed E-state index contributed by atoms with van der Waals surface area (Å²) in [6, 6.07) is 8.90. The van der Waals surface area contributed by atoms with Crippen LogP contribution in [0.5, 0.6) is 0 Å². The summed E-state index contributed by atoms with van der Waals surface area (Å²) in [7, 11) is 0. The molecule has 1 aromatic carbocycles. The summed E-state index contributed by atoms with van der Waals surface area (Å²) < 4.78 is 7.95. The van der Waals surface area contributed by atoms with Crippen molar-refractivity contribution in [2.45, 2.75) is 82.0 Å². The molecule has 0 atom stereocenters. The van der Waals surface area contributed by atoms with E-state index in [1.807, 2.05) is 6.26 Å². The first-order valence-corrected chi connectivity index (χ1v) is 12.3. The van der Waals surface area contributed by atoms with Crippen LogP contribution in [-0.2, 0) is 0 Å². The van der Waals surface area contributed by atoms with Gasteiger partial charge in [0, 0.05) is 0 Å². The van der Waals surface area contributed by atoms with Crippen LogP contribution < -0.4 is 3.58 Å². The Morgan fingerprint density at radius 3 is 2.04 bits per heavy atom. The molecule has 0 bridgehead atoms. The van der Waals surface area contributed by atoms with Gasteiger partial charge >= 0.3 is 153 Å². The van der Waals surface area contributed by atoms with Crippen molar-refractivity contribution in [1.29, 1.82) is 0 Å². The molecule has 0 aliphatic rings. The van der Waals surface area contributed by atoms with Gasteiger partial charge in [-0.3, -0.25) is 0 Å². The molecule has 0 spiro atoms. The molecule has 126 valence electrons. The van der Waals surface area contributed by atoms with E-state index in [9.17, 15) is 0 Å². The molecule has 23 heavy (non-hydrogen) atoms. The average molecular weight is 419 g/mol.